The molecule has 6 nitrogen and oxygen atoms in total. The molecule has 1 unspecified atom stereocenters. The maximum absolute atomic E-state index is 11.7. The van der Waals surface area contributed by atoms with Gasteiger partial charge in [0.15, 0.2) is 0 Å². The summed E-state index contributed by atoms with van der Waals surface area (Å²) in [6.07, 6.45) is 0.892. The quantitative estimate of drug-likeness (QED) is 0.740. The van der Waals surface area contributed by atoms with Crippen molar-refractivity contribution in [1.82, 2.24) is 5.32 Å². The summed E-state index contributed by atoms with van der Waals surface area (Å²) in [6.45, 7) is 0.629. The molecule has 2 N–H and O–H groups in total. The van der Waals surface area contributed by atoms with E-state index in [2.05, 4.69) is 5.32 Å². The summed E-state index contributed by atoms with van der Waals surface area (Å²) >= 11 is 0. The Labute approximate surface area is 109 Å². The number of nitrogens with one attached hydrogen (secondary N) is 1. The number of nitrogens with zero attached hydrogens (tertiary/aromatic N) is 1. The fraction of sp³-hybridized carbons (Fsp3) is 0.308. The van der Waals surface area contributed by atoms with Crippen molar-refractivity contribution in [3.8, 4) is 0 Å². The van der Waals surface area contributed by atoms with Crippen molar-refractivity contribution in [2.45, 2.75) is 18.9 Å². The van der Waals surface area contributed by atoms with Crippen molar-refractivity contribution in [2.24, 2.45) is 0 Å². The molecule has 2 heterocycles. The highest BCUT2D eigenvalue weighted by molar-refractivity contribution is 6.07. The SMILES string of the molecule is O=C1CC(N2CCc3ccc(C(=O)O)cc32)C(=O)N1. The van der Waals surface area contributed by atoms with Crippen LogP contribution in [0.4, 0.5) is 5.69 Å². The number of fused-ring (bicyclic) bond motifs is 1. The molecule has 2 aliphatic heterocycles. The number of carboxylic acids is 1. The molecule has 3 rings (SSSR count). The van der Waals surface area contributed by atoms with Gasteiger partial charge >= 0.3 is 5.97 Å². The molecule has 98 valence electrons. The molecular weight excluding hydrogens is 248 g/mol. The molecule has 1 aromatic carbocycles. The molecule has 2 amide bonds. The summed E-state index contributed by atoms with van der Waals surface area (Å²) < 4.78 is 0. The average Bonchev–Trinajstić information content (AvgIpc) is 2.91. The first-order chi connectivity index (χ1) is 9.06. The molecule has 6 heteroatoms. The standard InChI is InChI=1S/C13H12N2O4/c16-11-6-10(12(17)14-11)15-4-3-7-1-2-8(13(18)19)5-9(7)15/h1-2,5,10H,3-4,6H2,(H,18,19)(H,14,16,17). The molecule has 0 radical (unpaired) electrons. The number of carboxylic acid groups (broad SMARTS) is 1. The predicted octanol–water partition coefficient (Wildman–Crippen LogP) is 0.162. The Kier molecular flexibility index (Phi) is 2.51. The Morgan fingerprint density at radius 1 is 1.37 bits per heavy atom. The maximum Gasteiger partial charge on any atom is 0.335 e. The second-order valence-electron chi connectivity index (χ2n) is 4.72. The van der Waals surface area contributed by atoms with E-state index in [0.29, 0.717) is 6.54 Å². The molecule has 0 aromatic heterocycles. The number of hydrogen-bond donors (Lipinski definition) is 2. The van der Waals surface area contributed by atoms with Crippen molar-refractivity contribution < 1.29 is 19.5 Å². The Morgan fingerprint density at radius 3 is 2.79 bits per heavy atom. The third-order valence-electron chi connectivity index (χ3n) is 3.58. The van der Waals surface area contributed by atoms with Crippen LogP contribution in [0.3, 0.4) is 0 Å². The highest BCUT2D eigenvalue weighted by Gasteiger charge is 2.38. The molecule has 2 aliphatic rings. The van der Waals surface area contributed by atoms with Gasteiger partial charge in [0.2, 0.25) is 11.8 Å². The molecule has 1 aromatic rings. The van der Waals surface area contributed by atoms with Gasteiger partial charge in [0.25, 0.3) is 0 Å². The number of hydrogen-bond acceptors (Lipinski definition) is 4. The smallest absolute Gasteiger partial charge is 0.335 e. The monoisotopic (exact) mass is 260 g/mol. The Balaban J connectivity index is 1.97. The summed E-state index contributed by atoms with van der Waals surface area (Å²) in [6, 6.07) is 4.39. The lowest BCUT2D eigenvalue weighted by molar-refractivity contribution is -0.125. The summed E-state index contributed by atoms with van der Waals surface area (Å²) in [5.74, 6) is -1.59. The van der Waals surface area contributed by atoms with E-state index in [1.54, 1.807) is 18.2 Å². The molecule has 1 atom stereocenters. The van der Waals surface area contributed by atoms with Crippen LogP contribution in [0.25, 0.3) is 0 Å². The van der Waals surface area contributed by atoms with Gasteiger partial charge in [0, 0.05) is 12.2 Å². The molecular formula is C13H12N2O4. The van der Waals surface area contributed by atoms with Gasteiger partial charge in [-0.1, -0.05) is 6.07 Å². The third kappa shape index (κ3) is 1.85. The van der Waals surface area contributed by atoms with Crippen molar-refractivity contribution in [1.29, 1.82) is 0 Å². The fourth-order valence-electron chi connectivity index (χ4n) is 2.65. The molecule has 0 bridgehead atoms. The molecule has 0 spiro atoms. The van der Waals surface area contributed by atoms with E-state index in [0.717, 1.165) is 17.7 Å². The van der Waals surface area contributed by atoms with Gasteiger partial charge < -0.3 is 10.0 Å². The first-order valence-corrected chi connectivity index (χ1v) is 6.03. The zero-order valence-corrected chi connectivity index (χ0v) is 10.0. The van der Waals surface area contributed by atoms with Crippen molar-refractivity contribution in [3.63, 3.8) is 0 Å². The van der Waals surface area contributed by atoms with Crippen LogP contribution in [0.1, 0.15) is 22.3 Å². The van der Waals surface area contributed by atoms with Crippen LogP contribution in [0.2, 0.25) is 0 Å². The number of aromatic carboxylic acids is 1. The number of anilines is 1. The van der Waals surface area contributed by atoms with E-state index >= 15 is 0 Å². The lowest BCUT2D eigenvalue weighted by atomic mass is 10.1. The van der Waals surface area contributed by atoms with Gasteiger partial charge in [-0.3, -0.25) is 14.9 Å². The van der Waals surface area contributed by atoms with Crippen LogP contribution in [-0.4, -0.2) is 35.5 Å². The van der Waals surface area contributed by atoms with E-state index in [-0.39, 0.29) is 23.8 Å². The summed E-state index contributed by atoms with van der Waals surface area (Å²) in [7, 11) is 0. The molecule has 0 aliphatic carbocycles. The number of carbonyl (C=O) groups excluding carboxylic acids is 2. The van der Waals surface area contributed by atoms with Gasteiger partial charge in [0.1, 0.15) is 6.04 Å². The number of imide groups is 1. The zero-order valence-electron chi connectivity index (χ0n) is 10.0. The topological polar surface area (TPSA) is 86.7 Å². The summed E-state index contributed by atoms with van der Waals surface area (Å²) in [5.41, 5.74) is 1.95. The highest BCUT2D eigenvalue weighted by Crippen LogP contribution is 2.32. The Hall–Kier alpha value is -2.37. The van der Waals surface area contributed by atoms with Crippen LogP contribution in [0, 0.1) is 0 Å². The second-order valence-corrected chi connectivity index (χ2v) is 4.72. The zero-order chi connectivity index (χ0) is 13.6. The van der Waals surface area contributed by atoms with Crippen LogP contribution in [-0.2, 0) is 16.0 Å². The average molecular weight is 260 g/mol. The van der Waals surface area contributed by atoms with Gasteiger partial charge in [0.05, 0.1) is 12.0 Å². The van der Waals surface area contributed by atoms with E-state index < -0.39 is 12.0 Å². The van der Waals surface area contributed by atoms with Gasteiger partial charge in [-0.25, -0.2) is 4.79 Å². The minimum absolute atomic E-state index is 0.134. The van der Waals surface area contributed by atoms with Crippen LogP contribution >= 0.6 is 0 Å². The number of rotatable bonds is 2. The summed E-state index contributed by atoms with van der Waals surface area (Å²) in [5, 5.41) is 11.3. The second kappa shape index (κ2) is 4.08. The lowest BCUT2D eigenvalue weighted by Crippen LogP contribution is -2.39. The Morgan fingerprint density at radius 2 is 2.16 bits per heavy atom. The third-order valence-corrected chi connectivity index (χ3v) is 3.58. The first kappa shape index (κ1) is 11.7. The fourth-order valence-corrected chi connectivity index (χ4v) is 2.65. The normalized spacial score (nSPS) is 21.5. The minimum Gasteiger partial charge on any atom is -0.478 e. The number of carbonyl (C=O) groups is 3. The molecule has 0 saturated carbocycles. The van der Waals surface area contributed by atoms with Crippen LogP contribution in [0.5, 0.6) is 0 Å². The lowest BCUT2D eigenvalue weighted by Gasteiger charge is -2.24. The molecule has 1 saturated heterocycles. The Bertz CT molecular complexity index is 596. The first-order valence-electron chi connectivity index (χ1n) is 6.03. The van der Waals surface area contributed by atoms with Gasteiger partial charge in [-0.05, 0) is 24.1 Å². The van der Waals surface area contributed by atoms with E-state index in [1.807, 2.05) is 4.90 Å². The summed E-state index contributed by atoms with van der Waals surface area (Å²) in [4.78, 5) is 35.8. The van der Waals surface area contributed by atoms with E-state index in [4.69, 9.17) is 5.11 Å². The van der Waals surface area contributed by atoms with Crippen LogP contribution < -0.4 is 10.2 Å². The molecule has 1 fully saturated rings. The van der Waals surface area contributed by atoms with Gasteiger partial charge in [-0.2, -0.15) is 0 Å². The molecule has 19 heavy (non-hydrogen) atoms. The van der Waals surface area contributed by atoms with E-state index in [9.17, 15) is 14.4 Å². The number of benzene rings is 1. The van der Waals surface area contributed by atoms with Crippen LogP contribution in [0.15, 0.2) is 18.2 Å². The minimum atomic E-state index is -0.999. The van der Waals surface area contributed by atoms with Crippen molar-refractivity contribution in [2.75, 3.05) is 11.4 Å². The largest absolute Gasteiger partial charge is 0.478 e. The van der Waals surface area contributed by atoms with E-state index in [1.165, 1.54) is 0 Å². The number of amides is 2. The highest BCUT2D eigenvalue weighted by atomic mass is 16.4. The predicted molar refractivity (Wildman–Crippen MR) is 66.0 cm³/mol. The van der Waals surface area contributed by atoms with Gasteiger partial charge in [-0.15, -0.1) is 0 Å². The maximum atomic E-state index is 11.7. The van der Waals surface area contributed by atoms with Crippen molar-refractivity contribution in [3.05, 3.63) is 29.3 Å². The van der Waals surface area contributed by atoms with Crippen molar-refractivity contribution >= 4 is 23.5 Å².